The molecule has 0 saturated carbocycles. The van der Waals surface area contributed by atoms with E-state index in [0.29, 0.717) is 22.8 Å². The van der Waals surface area contributed by atoms with Gasteiger partial charge < -0.3 is 5.32 Å². The molecule has 3 aromatic rings. The maximum absolute atomic E-state index is 13.9. The van der Waals surface area contributed by atoms with E-state index in [1.165, 1.54) is 36.6 Å². The monoisotopic (exact) mass is 433 g/mol. The molecule has 3 rings (SSSR count). The number of amides is 1. The minimum atomic E-state index is -3.76. The maximum atomic E-state index is 13.9. The molecule has 0 aliphatic rings. The molecule has 9 heteroatoms. The van der Waals surface area contributed by atoms with E-state index < -0.39 is 15.9 Å². The van der Waals surface area contributed by atoms with E-state index in [9.17, 15) is 17.6 Å². The summed E-state index contributed by atoms with van der Waals surface area (Å²) in [6, 6.07) is 14.4. The molecule has 2 aromatic carbocycles. The average molecular weight is 434 g/mol. The molecule has 0 saturated heterocycles. The second-order valence-corrected chi connectivity index (χ2v) is 9.55. The van der Waals surface area contributed by atoms with Gasteiger partial charge in [0.1, 0.15) is 5.82 Å². The Bertz CT molecular complexity index is 1120. The minimum Gasteiger partial charge on any atom is -0.301 e. The number of sulfonamides is 1. The number of thiazole rings is 1. The fourth-order valence-electron chi connectivity index (χ4n) is 2.68. The second-order valence-electron chi connectivity index (χ2n) is 6.42. The molecule has 29 heavy (non-hydrogen) atoms. The van der Waals surface area contributed by atoms with Gasteiger partial charge in [-0.25, -0.2) is 17.8 Å². The number of hydrogen-bond acceptors (Lipinski definition) is 5. The largest absolute Gasteiger partial charge is 0.301 e. The van der Waals surface area contributed by atoms with Crippen molar-refractivity contribution in [3.63, 3.8) is 0 Å². The predicted molar refractivity (Wildman–Crippen MR) is 111 cm³/mol. The van der Waals surface area contributed by atoms with Crippen molar-refractivity contribution in [2.45, 2.75) is 18.2 Å². The van der Waals surface area contributed by atoms with Crippen molar-refractivity contribution in [1.29, 1.82) is 0 Å². The van der Waals surface area contributed by atoms with Gasteiger partial charge in [0, 0.05) is 18.3 Å². The van der Waals surface area contributed by atoms with Crippen LogP contribution >= 0.6 is 11.3 Å². The smallest absolute Gasteiger partial charge is 0.243 e. The van der Waals surface area contributed by atoms with Crippen molar-refractivity contribution in [2.75, 3.05) is 18.9 Å². The molecule has 6 nitrogen and oxygen atoms in total. The lowest BCUT2D eigenvalue weighted by atomic mass is 10.1. The maximum Gasteiger partial charge on any atom is 0.243 e. The van der Waals surface area contributed by atoms with Crippen molar-refractivity contribution in [2.24, 2.45) is 0 Å². The zero-order valence-electron chi connectivity index (χ0n) is 15.9. The summed E-state index contributed by atoms with van der Waals surface area (Å²) in [5, 5.41) is 2.98. The summed E-state index contributed by atoms with van der Waals surface area (Å²) in [6.07, 6.45) is 0.369. The fraction of sp³-hybridized carbons (Fsp3) is 0.200. The number of likely N-dealkylation sites (N-methyl/N-ethyl adjacent to an activating group) is 1. The van der Waals surface area contributed by atoms with Crippen molar-refractivity contribution in [1.82, 2.24) is 9.29 Å². The molecule has 1 heterocycles. The summed E-state index contributed by atoms with van der Waals surface area (Å²) in [5.41, 5.74) is 1.24. The van der Waals surface area contributed by atoms with Crippen LogP contribution in [-0.4, -0.2) is 37.2 Å². The van der Waals surface area contributed by atoms with Gasteiger partial charge in [-0.3, -0.25) is 4.79 Å². The first-order valence-corrected chi connectivity index (χ1v) is 11.0. The van der Waals surface area contributed by atoms with Crippen molar-refractivity contribution < 1.29 is 17.6 Å². The lowest BCUT2D eigenvalue weighted by molar-refractivity contribution is -0.116. The highest BCUT2D eigenvalue weighted by Crippen LogP contribution is 2.26. The Balaban J connectivity index is 1.66. The lowest BCUT2D eigenvalue weighted by Gasteiger charge is -2.16. The van der Waals surface area contributed by atoms with Crippen molar-refractivity contribution >= 4 is 32.4 Å². The summed E-state index contributed by atoms with van der Waals surface area (Å²) in [5.74, 6) is -0.795. The first-order chi connectivity index (χ1) is 13.8. The summed E-state index contributed by atoms with van der Waals surface area (Å²) in [4.78, 5) is 17.6. The molecule has 0 fully saturated rings. The minimum absolute atomic E-state index is 0.118. The lowest BCUT2D eigenvalue weighted by Crippen LogP contribution is -2.34. The predicted octanol–water partition coefficient (Wildman–Crippen LogP) is 3.44. The summed E-state index contributed by atoms with van der Waals surface area (Å²) in [7, 11) is -2.42. The first kappa shape index (κ1) is 21.1. The van der Waals surface area contributed by atoms with Gasteiger partial charge in [0.25, 0.3) is 0 Å². The molecule has 1 amide bonds. The van der Waals surface area contributed by atoms with Gasteiger partial charge in [0.15, 0.2) is 5.13 Å². The van der Waals surface area contributed by atoms with E-state index >= 15 is 0 Å². The van der Waals surface area contributed by atoms with Crippen LogP contribution in [0.2, 0.25) is 0 Å². The Morgan fingerprint density at radius 1 is 1.14 bits per heavy atom. The number of carbonyl (C=O) groups is 1. The number of nitrogens with one attached hydrogen (secondary N) is 1. The van der Waals surface area contributed by atoms with Crippen LogP contribution in [0.1, 0.15) is 16.1 Å². The number of aryl methyl sites for hydroxylation is 1. The molecule has 152 valence electrons. The molecule has 0 aliphatic carbocycles. The zero-order valence-corrected chi connectivity index (χ0v) is 17.6. The number of rotatable bonds is 7. The zero-order chi connectivity index (χ0) is 21.0. The van der Waals surface area contributed by atoms with Gasteiger partial charge in [-0.15, -0.1) is 11.3 Å². The highest BCUT2D eigenvalue weighted by atomic mass is 32.2. The van der Waals surface area contributed by atoms with Crippen LogP contribution in [0, 0.1) is 12.7 Å². The van der Waals surface area contributed by atoms with Gasteiger partial charge in [-0.1, -0.05) is 36.4 Å². The fourth-order valence-corrected chi connectivity index (χ4v) is 4.83. The van der Waals surface area contributed by atoms with E-state index in [4.69, 9.17) is 0 Å². The number of nitrogens with zero attached hydrogens (tertiary/aromatic N) is 2. The Kier molecular flexibility index (Phi) is 6.41. The molecule has 0 atom stereocenters. The number of aromatic nitrogens is 1. The summed E-state index contributed by atoms with van der Waals surface area (Å²) >= 11 is 1.24. The molecule has 0 unspecified atom stereocenters. The molecule has 0 aliphatic heterocycles. The third-order valence-corrected chi connectivity index (χ3v) is 7.16. The van der Waals surface area contributed by atoms with Crippen LogP contribution in [0.15, 0.2) is 59.5 Å². The molecule has 0 spiro atoms. The molecule has 0 bridgehead atoms. The summed E-state index contributed by atoms with van der Waals surface area (Å²) < 4.78 is 39.9. The third kappa shape index (κ3) is 5.06. The molecular formula is C20H20FN3O3S2. The van der Waals surface area contributed by atoms with Crippen LogP contribution in [0.5, 0.6) is 0 Å². The van der Waals surface area contributed by atoms with Gasteiger partial charge in [-0.05, 0) is 30.7 Å². The Labute approximate surface area is 173 Å². The van der Waals surface area contributed by atoms with Crippen LogP contribution in [0.25, 0.3) is 0 Å². The standard InChI is InChI=1S/C20H20FN3O3S2/c1-14-18(12-15-8-6-7-11-17(15)21)28-20(22-14)23-19(25)13-24(2)29(26,27)16-9-4-3-5-10-16/h3-11H,12-13H2,1-2H3,(H,22,23,25). The third-order valence-electron chi connectivity index (χ3n) is 4.27. The molecule has 1 N–H and O–H groups in total. The van der Waals surface area contributed by atoms with E-state index in [1.54, 1.807) is 43.3 Å². The first-order valence-electron chi connectivity index (χ1n) is 8.78. The highest BCUT2D eigenvalue weighted by Gasteiger charge is 2.23. The molecule has 1 aromatic heterocycles. The van der Waals surface area contributed by atoms with Crippen molar-refractivity contribution in [3.05, 3.63) is 76.5 Å². The SMILES string of the molecule is Cc1nc(NC(=O)CN(C)S(=O)(=O)c2ccccc2)sc1Cc1ccccc1F. The topological polar surface area (TPSA) is 79.4 Å². The highest BCUT2D eigenvalue weighted by molar-refractivity contribution is 7.89. The van der Waals surface area contributed by atoms with Crippen molar-refractivity contribution in [3.8, 4) is 0 Å². The number of carbonyl (C=O) groups excluding carboxylic acids is 1. The van der Waals surface area contributed by atoms with Gasteiger partial charge in [0.2, 0.25) is 15.9 Å². The Morgan fingerprint density at radius 3 is 2.48 bits per heavy atom. The van der Waals surface area contributed by atoms with Crippen LogP contribution < -0.4 is 5.32 Å². The Morgan fingerprint density at radius 2 is 1.79 bits per heavy atom. The number of anilines is 1. The average Bonchev–Trinajstić information content (AvgIpc) is 3.02. The van der Waals surface area contributed by atoms with Crippen LogP contribution in [-0.2, 0) is 21.2 Å². The van der Waals surface area contributed by atoms with Crippen LogP contribution in [0.3, 0.4) is 0 Å². The number of benzene rings is 2. The van der Waals surface area contributed by atoms with E-state index in [-0.39, 0.29) is 17.3 Å². The van der Waals surface area contributed by atoms with Gasteiger partial charge >= 0.3 is 0 Å². The van der Waals surface area contributed by atoms with Crippen LogP contribution in [0.4, 0.5) is 9.52 Å². The van der Waals surface area contributed by atoms with E-state index in [2.05, 4.69) is 10.3 Å². The van der Waals surface area contributed by atoms with Gasteiger partial charge in [-0.2, -0.15) is 4.31 Å². The normalized spacial score (nSPS) is 11.6. The quantitative estimate of drug-likeness (QED) is 0.619. The molecular weight excluding hydrogens is 413 g/mol. The van der Waals surface area contributed by atoms with E-state index in [0.717, 1.165) is 9.18 Å². The second kappa shape index (κ2) is 8.81. The number of halogens is 1. The van der Waals surface area contributed by atoms with Gasteiger partial charge in [0.05, 0.1) is 17.1 Å². The Hall–Kier alpha value is -2.62. The summed E-state index contributed by atoms with van der Waals surface area (Å²) in [6.45, 7) is 1.44. The number of hydrogen-bond donors (Lipinski definition) is 1. The van der Waals surface area contributed by atoms with E-state index in [1.807, 2.05) is 0 Å². The molecule has 0 radical (unpaired) electrons.